The van der Waals surface area contributed by atoms with Crippen molar-refractivity contribution in [3.05, 3.63) is 98.7 Å². The lowest BCUT2D eigenvalue weighted by atomic mass is 10.1. The molecule has 0 atom stereocenters. The molecular formula is C25H26FN5O4. The highest BCUT2D eigenvalue weighted by atomic mass is 19.1. The number of benzene rings is 2. The SMILES string of the molecule is COCCn1cnc2c1c(=O)n(CC(=O)NCCc1cccc(F)c1)c(=O)n2Cc1ccccc1. The van der Waals surface area contributed by atoms with Crippen molar-refractivity contribution in [1.29, 1.82) is 0 Å². The summed E-state index contributed by atoms with van der Waals surface area (Å²) < 4.78 is 22.4. The molecule has 1 amide bonds. The minimum Gasteiger partial charge on any atom is -0.383 e. The first-order valence-corrected chi connectivity index (χ1v) is 11.2. The van der Waals surface area contributed by atoms with Gasteiger partial charge in [-0.1, -0.05) is 42.5 Å². The summed E-state index contributed by atoms with van der Waals surface area (Å²) in [6.45, 7) is 0.706. The van der Waals surface area contributed by atoms with E-state index in [1.807, 2.05) is 30.3 Å². The van der Waals surface area contributed by atoms with Gasteiger partial charge in [0.05, 0.1) is 19.5 Å². The zero-order chi connectivity index (χ0) is 24.8. The third-order valence-electron chi connectivity index (χ3n) is 5.63. The Hall–Kier alpha value is -4.05. The maximum absolute atomic E-state index is 13.4. The molecule has 0 bridgehead atoms. The smallest absolute Gasteiger partial charge is 0.333 e. The molecule has 0 aliphatic rings. The normalized spacial score (nSPS) is 11.1. The Morgan fingerprint density at radius 3 is 2.57 bits per heavy atom. The lowest BCUT2D eigenvalue weighted by Gasteiger charge is -2.13. The summed E-state index contributed by atoms with van der Waals surface area (Å²) in [4.78, 5) is 43.6. The quantitative estimate of drug-likeness (QED) is 0.372. The van der Waals surface area contributed by atoms with Gasteiger partial charge in [0.25, 0.3) is 5.56 Å². The maximum Gasteiger partial charge on any atom is 0.333 e. The number of fused-ring (bicyclic) bond motifs is 1. The number of nitrogens with one attached hydrogen (secondary N) is 1. The molecule has 182 valence electrons. The van der Waals surface area contributed by atoms with Crippen LogP contribution in [0, 0.1) is 5.82 Å². The van der Waals surface area contributed by atoms with E-state index in [4.69, 9.17) is 4.74 Å². The van der Waals surface area contributed by atoms with E-state index < -0.39 is 23.7 Å². The Morgan fingerprint density at radius 2 is 1.83 bits per heavy atom. The molecule has 2 aromatic carbocycles. The van der Waals surface area contributed by atoms with Crippen LogP contribution in [-0.2, 0) is 35.6 Å². The standard InChI is InChI=1S/C25H26FN5O4/c1-35-13-12-29-17-28-23-22(29)24(33)31(25(34)30(23)15-19-6-3-2-4-7-19)16-21(32)27-11-10-18-8-5-9-20(26)14-18/h2-9,14,17H,10-13,15-16H2,1H3,(H,27,32). The minimum absolute atomic E-state index is 0.193. The summed E-state index contributed by atoms with van der Waals surface area (Å²) >= 11 is 0. The summed E-state index contributed by atoms with van der Waals surface area (Å²) in [7, 11) is 1.55. The first-order chi connectivity index (χ1) is 17.0. The van der Waals surface area contributed by atoms with E-state index in [0.29, 0.717) is 19.6 Å². The molecule has 35 heavy (non-hydrogen) atoms. The predicted octanol–water partition coefficient (Wildman–Crippen LogP) is 1.55. The molecule has 0 unspecified atom stereocenters. The van der Waals surface area contributed by atoms with Gasteiger partial charge in [-0.2, -0.15) is 0 Å². The molecule has 4 rings (SSSR count). The minimum atomic E-state index is -0.622. The van der Waals surface area contributed by atoms with Crippen molar-refractivity contribution in [2.24, 2.45) is 0 Å². The van der Waals surface area contributed by atoms with Crippen molar-refractivity contribution < 1.29 is 13.9 Å². The van der Waals surface area contributed by atoms with Gasteiger partial charge in [0.1, 0.15) is 12.4 Å². The molecule has 4 aromatic rings. The topological polar surface area (TPSA) is 100 Å². The number of imidazole rings is 1. The van der Waals surface area contributed by atoms with Crippen LogP contribution in [0.1, 0.15) is 11.1 Å². The second kappa shape index (κ2) is 10.9. The number of ether oxygens (including phenoxy) is 1. The number of rotatable bonds is 10. The van der Waals surface area contributed by atoms with Crippen molar-refractivity contribution in [1.82, 2.24) is 24.0 Å². The fraction of sp³-hybridized carbons (Fsp3) is 0.280. The van der Waals surface area contributed by atoms with E-state index >= 15 is 0 Å². The first-order valence-electron chi connectivity index (χ1n) is 11.2. The molecule has 10 heteroatoms. The summed E-state index contributed by atoms with van der Waals surface area (Å²) in [6, 6.07) is 15.4. The molecule has 0 aliphatic heterocycles. The van der Waals surface area contributed by atoms with E-state index in [1.165, 1.54) is 23.0 Å². The summed E-state index contributed by atoms with van der Waals surface area (Å²) in [6.07, 6.45) is 1.91. The van der Waals surface area contributed by atoms with Gasteiger partial charge in [-0.25, -0.2) is 18.7 Å². The maximum atomic E-state index is 13.4. The van der Waals surface area contributed by atoms with Crippen molar-refractivity contribution >= 4 is 17.1 Å². The summed E-state index contributed by atoms with van der Waals surface area (Å²) in [5.41, 5.74) is 0.850. The number of carbonyl (C=O) groups is 1. The van der Waals surface area contributed by atoms with Gasteiger partial charge in [-0.3, -0.25) is 14.2 Å². The number of methoxy groups -OCH3 is 1. The van der Waals surface area contributed by atoms with Crippen LogP contribution in [-0.4, -0.2) is 44.9 Å². The first kappa shape index (κ1) is 24.1. The van der Waals surface area contributed by atoms with E-state index in [0.717, 1.165) is 15.7 Å². The van der Waals surface area contributed by atoms with Crippen LogP contribution in [0.15, 0.2) is 70.5 Å². The van der Waals surface area contributed by atoms with Gasteiger partial charge >= 0.3 is 5.69 Å². The van der Waals surface area contributed by atoms with Crippen LogP contribution in [0.3, 0.4) is 0 Å². The molecule has 2 heterocycles. The molecular weight excluding hydrogens is 453 g/mol. The van der Waals surface area contributed by atoms with Crippen LogP contribution in [0.4, 0.5) is 4.39 Å². The van der Waals surface area contributed by atoms with Crippen molar-refractivity contribution in [3.63, 3.8) is 0 Å². The van der Waals surface area contributed by atoms with E-state index in [-0.39, 0.29) is 30.1 Å². The van der Waals surface area contributed by atoms with Gasteiger partial charge in [-0.15, -0.1) is 0 Å². The van der Waals surface area contributed by atoms with Crippen molar-refractivity contribution in [2.75, 3.05) is 20.3 Å². The number of hydrogen-bond acceptors (Lipinski definition) is 5. The zero-order valence-electron chi connectivity index (χ0n) is 19.3. The Balaban J connectivity index is 1.63. The fourth-order valence-corrected chi connectivity index (χ4v) is 3.88. The molecule has 0 radical (unpaired) electrons. The molecule has 0 aliphatic carbocycles. The lowest BCUT2D eigenvalue weighted by Crippen LogP contribution is -2.44. The Labute approximate surface area is 200 Å². The van der Waals surface area contributed by atoms with E-state index in [9.17, 15) is 18.8 Å². The van der Waals surface area contributed by atoms with E-state index in [1.54, 1.807) is 23.8 Å². The molecule has 2 aromatic heterocycles. The van der Waals surface area contributed by atoms with Gasteiger partial charge in [0.15, 0.2) is 11.2 Å². The highest BCUT2D eigenvalue weighted by Gasteiger charge is 2.20. The molecule has 1 N–H and O–H groups in total. The molecule has 0 saturated carbocycles. The molecule has 0 spiro atoms. The van der Waals surface area contributed by atoms with Gasteiger partial charge in [0.2, 0.25) is 5.91 Å². The average Bonchev–Trinajstić information content (AvgIpc) is 3.28. The zero-order valence-corrected chi connectivity index (χ0v) is 19.3. The number of halogens is 1. The number of amides is 1. The van der Waals surface area contributed by atoms with Gasteiger partial charge in [-0.05, 0) is 29.7 Å². The third kappa shape index (κ3) is 5.55. The van der Waals surface area contributed by atoms with Crippen LogP contribution in [0.25, 0.3) is 11.2 Å². The largest absolute Gasteiger partial charge is 0.383 e. The third-order valence-corrected chi connectivity index (χ3v) is 5.63. The second-order valence-electron chi connectivity index (χ2n) is 8.08. The second-order valence-corrected chi connectivity index (χ2v) is 8.08. The van der Waals surface area contributed by atoms with Crippen LogP contribution in [0.2, 0.25) is 0 Å². The Morgan fingerprint density at radius 1 is 1.06 bits per heavy atom. The van der Waals surface area contributed by atoms with E-state index in [2.05, 4.69) is 10.3 Å². The number of nitrogens with zero attached hydrogens (tertiary/aromatic N) is 4. The Bertz CT molecular complexity index is 1440. The van der Waals surface area contributed by atoms with Crippen LogP contribution in [0.5, 0.6) is 0 Å². The lowest BCUT2D eigenvalue weighted by molar-refractivity contribution is -0.121. The highest BCUT2D eigenvalue weighted by molar-refractivity contribution is 5.76. The van der Waals surface area contributed by atoms with Crippen LogP contribution >= 0.6 is 0 Å². The molecule has 0 fully saturated rings. The molecule has 0 saturated heterocycles. The number of aromatic nitrogens is 4. The number of carbonyl (C=O) groups excluding carboxylic acids is 1. The molecule has 9 nitrogen and oxygen atoms in total. The fourth-order valence-electron chi connectivity index (χ4n) is 3.88. The average molecular weight is 480 g/mol. The number of hydrogen-bond donors (Lipinski definition) is 1. The monoisotopic (exact) mass is 479 g/mol. The summed E-state index contributed by atoms with van der Waals surface area (Å²) in [5, 5.41) is 2.70. The predicted molar refractivity (Wildman–Crippen MR) is 129 cm³/mol. The van der Waals surface area contributed by atoms with Crippen LogP contribution < -0.4 is 16.6 Å². The highest BCUT2D eigenvalue weighted by Crippen LogP contribution is 2.10. The van der Waals surface area contributed by atoms with Gasteiger partial charge in [0, 0.05) is 20.2 Å². The summed E-state index contributed by atoms with van der Waals surface area (Å²) in [5.74, 6) is -0.841. The van der Waals surface area contributed by atoms with Crippen molar-refractivity contribution in [3.8, 4) is 0 Å². The van der Waals surface area contributed by atoms with Gasteiger partial charge < -0.3 is 14.6 Å². The van der Waals surface area contributed by atoms with Crippen molar-refractivity contribution in [2.45, 2.75) is 26.1 Å². The Kier molecular flexibility index (Phi) is 7.51.